The molecule has 0 aliphatic rings. The molecule has 1 amide bonds. The summed E-state index contributed by atoms with van der Waals surface area (Å²) in [6.45, 7) is 0.0902. The molecule has 2 aromatic heterocycles. The van der Waals surface area contributed by atoms with Gasteiger partial charge in [-0.15, -0.1) is 0 Å². The maximum absolute atomic E-state index is 14.1. The summed E-state index contributed by atoms with van der Waals surface area (Å²) in [6, 6.07) is 12.1. The van der Waals surface area contributed by atoms with Crippen molar-refractivity contribution in [2.24, 2.45) is 0 Å². The molecule has 0 saturated heterocycles. The van der Waals surface area contributed by atoms with Crippen molar-refractivity contribution in [3.63, 3.8) is 0 Å². The number of fused-ring (bicyclic) bond motifs is 1. The van der Waals surface area contributed by atoms with Crippen molar-refractivity contribution >= 4 is 32.6 Å². The molecule has 4 aromatic rings. The highest BCUT2D eigenvalue weighted by atomic mass is 32.1. The Kier molecular flexibility index (Phi) is 4.79. The highest BCUT2D eigenvalue weighted by molar-refractivity contribution is 7.22. The number of hydrogen-bond acceptors (Lipinski definition) is 5. The molecule has 0 radical (unpaired) electrons. The molecule has 28 heavy (non-hydrogen) atoms. The smallest absolute Gasteiger partial charge is 0.260 e. The molecule has 0 aliphatic heterocycles. The number of hydrogen-bond donors (Lipinski definition) is 0. The van der Waals surface area contributed by atoms with Gasteiger partial charge in [-0.1, -0.05) is 17.4 Å². The lowest BCUT2D eigenvalue weighted by Gasteiger charge is -2.19. The Hall–Kier alpha value is -3.26. The number of benzene rings is 2. The molecule has 0 fully saturated rings. The van der Waals surface area contributed by atoms with Gasteiger partial charge in [-0.3, -0.25) is 9.69 Å². The molecular formula is C20H14F2N2O3S. The Morgan fingerprint density at radius 2 is 2.07 bits per heavy atom. The number of furan rings is 1. The van der Waals surface area contributed by atoms with Gasteiger partial charge < -0.3 is 9.15 Å². The fraction of sp³-hybridized carbons (Fsp3) is 0.100. The molecular weight excluding hydrogens is 386 g/mol. The number of thiazole rings is 1. The van der Waals surface area contributed by atoms with E-state index in [9.17, 15) is 13.6 Å². The lowest BCUT2D eigenvalue weighted by molar-refractivity contribution is 0.0983. The lowest BCUT2D eigenvalue weighted by Crippen LogP contribution is -2.30. The van der Waals surface area contributed by atoms with Crippen molar-refractivity contribution in [1.29, 1.82) is 0 Å². The van der Waals surface area contributed by atoms with Crippen molar-refractivity contribution in [1.82, 2.24) is 4.98 Å². The van der Waals surface area contributed by atoms with Gasteiger partial charge in [-0.05, 0) is 36.4 Å². The van der Waals surface area contributed by atoms with Crippen LogP contribution in [0.1, 0.15) is 16.1 Å². The summed E-state index contributed by atoms with van der Waals surface area (Å²) >= 11 is 1.03. The van der Waals surface area contributed by atoms with Crippen LogP contribution in [0.3, 0.4) is 0 Å². The van der Waals surface area contributed by atoms with Crippen LogP contribution in [0.25, 0.3) is 10.2 Å². The molecule has 0 atom stereocenters. The van der Waals surface area contributed by atoms with Crippen LogP contribution in [0.2, 0.25) is 0 Å². The molecule has 2 aromatic carbocycles. The Balaban J connectivity index is 1.79. The van der Waals surface area contributed by atoms with E-state index >= 15 is 0 Å². The van der Waals surface area contributed by atoms with Crippen LogP contribution in [0, 0.1) is 11.6 Å². The maximum atomic E-state index is 14.1. The molecule has 142 valence electrons. The lowest BCUT2D eigenvalue weighted by atomic mass is 10.2. The maximum Gasteiger partial charge on any atom is 0.260 e. The fourth-order valence-corrected chi connectivity index (χ4v) is 3.76. The summed E-state index contributed by atoms with van der Waals surface area (Å²) in [4.78, 5) is 18.8. The molecule has 0 N–H and O–H groups in total. The van der Waals surface area contributed by atoms with Gasteiger partial charge in [-0.25, -0.2) is 13.8 Å². The standard InChI is InChI=1S/C20H14F2N2O3S/c1-26-14-5-2-4-12(8-14)19(25)24(11-15-6-3-7-27-15)20-23-18-16(22)9-13(21)10-17(18)28-20/h2-10H,11H2,1H3. The molecule has 0 unspecified atom stereocenters. The van der Waals surface area contributed by atoms with Crippen molar-refractivity contribution in [2.75, 3.05) is 12.0 Å². The summed E-state index contributed by atoms with van der Waals surface area (Å²) in [7, 11) is 1.51. The van der Waals surface area contributed by atoms with Gasteiger partial charge >= 0.3 is 0 Å². The van der Waals surface area contributed by atoms with Gasteiger partial charge in [0.15, 0.2) is 10.9 Å². The van der Waals surface area contributed by atoms with Gasteiger partial charge in [0.2, 0.25) is 0 Å². The topological polar surface area (TPSA) is 55.6 Å². The molecule has 0 saturated carbocycles. The summed E-state index contributed by atoms with van der Waals surface area (Å²) < 4.78 is 38.5. The van der Waals surface area contributed by atoms with E-state index in [1.807, 2.05) is 0 Å². The molecule has 2 heterocycles. The predicted octanol–water partition coefficient (Wildman–Crippen LogP) is 5.02. The number of aromatic nitrogens is 1. The normalized spacial score (nSPS) is 11.0. The average Bonchev–Trinajstić information content (AvgIpc) is 3.35. The number of methoxy groups -OCH3 is 1. The number of anilines is 1. The third-order valence-corrected chi connectivity index (χ3v) is 5.11. The first kappa shape index (κ1) is 18.1. The van der Waals surface area contributed by atoms with Crippen LogP contribution in [0.15, 0.2) is 59.2 Å². The van der Waals surface area contributed by atoms with Crippen LogP contribution < -0.4 is 9.64 Å². The summed E-state index contributed by atoms with van der Waals surface area (Å²) in [5.74, 6) is -0.778. The van der Waals surface area contributed by atoms with Crippen LogP contribution in [0.5, 0.6) is 5.75 Å². The van der Waals surface area contributed by atoms with E-state index in [1.54, 1.807) is 36.4 Å². The average molecular weight is 400 g/mol. The zero-order valence-corrected chi connectivity index (χ0v) is 15.5. The van der Waals surface area contributed by atoms with E-state index in [0.29, 0.717) is 21.8 Å². The molecule has 0 spiro atoms. The van der Waals surface area contributed by atoms with Gasteiger partial charge in [0.25, 0.3) is 5.91 Å². The minimum absolute atomic E-state index is 0.0179. The van der Waals surface area contributed by atoms with Gasteiger partial charge in [0.05, 0.1) is 24.6 Å². The third kappa shape index (κ3) is 3.46. The number of halogens is 2. The molecule has 0 bridgehead atoms. The second-order valence-electron chi connectivity index (χ2n) is 5.93. The van der Waals surface area contributed by atoms with Crippen molar-refractivity contribution < 1.29 is 22.7 Å². The Labute approximate surface area is 162 Å². The van der Waals surface area contributed by atoms with Gasteiger partial charge in [0.1, 0.15) is 22.8 Å². The van der Waals surface area contributed by atoms with Crippen LogP contribution in [-0.2, 0) is 6.54 Å². The van der Waals surface area contributed by atoms with Crippen molar-refractivity contribution in [3.05, 3.63) is 77.8 Å². The molecule has 0 aliphatic carbocycles. The zero-order valence-electron chi connectivity index (χ0n) is 14.7. The first-order valence-corrected chi connectivity index (χ1v) is 9.10. The monoisotopic (exact) mass is 400 g/mol. The van der Waals surface area contributed by atoms with E-state index in [1.165, 1.54) is 24.3 Å². The Morgan fingerprint density at radius 1 is 1.21 bits per heavy atom. The van der Waals surface area contributed by atoms with E-state index in [2.05, 4.69) is 4.98 Å². The zero-order chi connectivity index (χ0) is 19.7. The number of ether oxygens (including phenoxy) is 1. The number of nitrogens with zero attached hydrogens (tertiary/aromatic N) is 2. The summed E-state index contributed by atoms with van der Waals surface area (Å²) in [6.07, 6.45) is 1.50. The Bertz CT molecular complexity index is 1140. The number of rotatable bonds is 5. The minimum atomic E-state index is -0.774. The summed E-state index contributed by atoms with van der Waals surface area (Å²) in [5.41, 5.74) is 0.390. The third-order valence-electron chi connectivity index (χ3n) is 4.09. The number of amides is 1. The van der Waals surface area contributed by atoms with Crippen molar-refractivity contribution in [3.8, 4) is 5.75 Å². The van der Waals surface area contributed by atoms with Crippen molar-refractivity contribution in [2.45, 2.75) is 6.54 Å². The number of carbonyl (C=O) groups is 1. The van der Waals surface area contributed by atoms with Crippen LogP contribution in [0.4, 0.5) is 13.9 Å². The second kappa shape index (κ2) is 7.40. The minimum Gasteiger partial charge on any atom is -0.497 e. The van der Waals surface area contributed by atoms with E-state index in [4.69, 9.17) is 9.15 Å². The highest BCUT2D eigenvalue weighted by Crippen LogP contribution is 2.33. The highest BCUT2D eigenvalue weighted by Gasteiger charge is 2.24. The first-order valence-electron chi connectivity index (χ1n) is 8.29. The fourth-order valence-electron chi connectivity index (χ4n) is 2.76. The predicted molar refractivity (Wildman–Crippen MR) is 102 cm³/mol. The second-order valence-corrected chi connectivity index (χ2v) is 6.94. The van der Waals surface area contributed by atoms with Crippen LogP contribution in [-0.4, -0.2) is 18.0 Å². The SMILES string of the molecule is COc1cccc(C(=O)N(Cc2ccco2)c2nc3c(F)cc(F)cc3s2)c1. The molecule has 5 nitrogen and oxygen atoms in total. The summed E-state index contributed by atoms with van der Waals surface area (Å²) in [5, 5.41) is 0.240. The molecule has 4 rings (SSSR count). The van der Waals surface area contributed by atoms with E-state index in [0.717, 1.165) is 17.4 Å². The molecule has 8 heteroatoms. The van der Waals surface area contributed by atoms with E-state index < -0.39 is 11.6 Å². The van der Waals surface area contributed by atoms with E-state index in [-0.39, 0.29) is 23.1 Å². The number of carbonyl (C=O) groups excluding carboxylic acids is 1. The first-order chi connectivity index (χ1) is 13.5. The van der Waals surface area contributed by atoms with Crippen LogP contribution >= 0.6 is 11.3 Å². The van der Waals surface area contributed by atoms with Gasteiger partial charge in [-0.2, -0.15) is 0 Å². The quantitative estimate of drug-likeness (QED) is 0.472. The largest absolute Gasteiger partial charge is 0.497 e. The van der Waals surface area contributed by atoms with Gasteiger partial charge in [0, 0.05) is 11.6 Å². The Morgan fingerprint density at radius 3 is 2.82 bits per heavy atom.